The molecular formula is C10H18ClNO2. The van der Waals surface area contributed by atoms with E-state index in [-0.39, 0.29) is 11.2 Å². The zero-order valence-corrected chi connectivity index (χ0v) is 9.93. The van der Waals surface area contributed by atoms with E-state index in [1.807, 2.05) is 27.7 Å². The summed E-state index contributed by atoms with van der Waals surface area (Å²) in [4.78, 5) is 11.1. The maximum absolute atomic E-state index is 11.1. The Morgan fingerprint density at radius 1 is 1.29 bits per heavy atom. The van der Waals surface area contributed by atoms with Crippen LogP contribution in [0.4, 0.5) is 0 Å². The second-order valence-corrected chi connectivity index (χ2v) is 5.72. The Balaban J connectivity index is 2.91. The normalized spacial score (nSPS) is 27.6. The highest BCUT2D eigenvalue weighted by molar-refractivity contribution is 6.64. The molecule has 0 unspecified atom stereocenters. The number of hydrogen-bond acceptors (Lipinski definition) is 3. The summed E-state index contributed by atoms with van der Waals surface area (Å²) >= 11 is 5.52. The Bertz CT molecular complexity index is 233. The van der Waals surface area contributed by atoms with Crippen molar-refractivity contribution in [2.45, 2.75) is 51.6 Å². The van der Waals surface area contributed by atoms with Crippen LogP contribution in [-0.2, 0) is 4.79 Å². The molecule has 0 aromatic heterocycles. The Labute approximate surface area is 90.0 Å². The molecule has 0 aliphatic carbocycles. The molecule has 1 aliphatic rings. The van der Waals surface area contributed by atoms with E-state index in [1.54, 1.807) is 0 Å². The molecule has 0 aromatic rings. The standard InChI is InChI=1S/C10H18ClNO2/c1-9(2)5-7(8(11)13)6-10(3,4)12(9)14/h7,14H,5-6H2,1-4H3. The largest absolute Gasteiger partial charge is 0.313 e. The van der Waals surface area contributed by atoms with Crippen LogP contribution in [0, 0.1) is 5.92 Å². The maximum atomic E-state index is 11.1. The van der Waals surface area contributed by atoms with Crippen molar-refractivity contribution in [2.24, 2.45) is 5.92 Å². The van der Waals surface area contributed by atoms with Crippen molar-refractivity contribution in [2.75, 3.05) is 0 Å². The number of carbonyl (C=O) groups is 1. The molecule has 82 valence electrons. The van der Waals surface area contributed by atoms with E-state index < -0.39 is 11.1 Å². The molecule has 0 amide bonds. The first kappa shape index (κ1) is 12.0. The maximum Gasteiger partial charge on any atom is 0.224 e. The highest BCUT2D eigenvalue weighted by atomic mass is 35.5. The first-order valence-corrected chi connectivity index (χ1v) is 5.23. The number of piperidine rings is 1. The molecule has 0 saturated carbocycles. The van der Waals surface area contributed by atoms with E-state index in [2.05, 4.69) is 0 Å². The SMILES string of the molecule is CC1(C)CC(C(=O)Cl)CC(C)(C)N1O. The topological polar surface area (TPSA) is 40.5 Å². The molecule has 1 aliphatic heterocycles. The van der Waals surface area contributed by atoms with Crippen molar-refractivity contribution < 1.29 is 10.0 Å². The summed E-state index contributed by atoms with van der Waals surface area (Å²) in [5.41, 5.74) is -0.784. The lowest BCUT2D eigenvalue weighted by Crippen LogP contribution is -2.59. The molecule has 1 N–H and O–H groups in total. The molecule has 3 nitrogen and oxygen atoms in total. The predicted molar refractivity (Wildman–Crippen MR) is 55.4 cm³/mol. The lowest BCUT2D eigenvalue weighted by atomic mass is 9.76. The van der Waals surface area contributed by atoms with Crippen LogP contribution in [0.25, 0.3) is 0 Å². The zero-order chi connectivity index (χ0) is 11.1. The molecule has 1 heterocycles. The number of hydroxylamine groups is 2. The van der Waals surface area contributed by atoms with Gasteiger partial charge in [-0.15, -0.1) is 0 Å². The second-order valence-electron chi connectivity index (χ2n) is 5.35. The number of halogens is 1. The van der Waals surface area contributed by atoms with E-state index in [4.69, 9.17) is 11.6 Å². The molecule has 0 atom stereocenters. The van der Waals surface area contributed by atoms with Gasteiger partial charge in [0.25, 0.3) is 0 Å². The molecule has 0 spiro atoms. The van der Waals surface area contributed by atoms with Gasteiger partial charge in [0.05, 0.1) is 0 Å². The molecule has 4 heteroatoms. The van der Waals surface area contributed by atoms with Crippen LogP contribution < -0.4 is 0 Å². The average molecular weight is 220 g/mol. The van der Waals surface area contributed by atoms with Crippen LogP contribution in [-0.4, -0.2) is 26.6 Å². The van der Waals surface area contributed by atoms with Gasteiger partial charge in [0.1, 0.15) is 0 Å². The van der Waals surface area contributed by atoms with Gasteiger partial charge in [-0.1, -0.05) is 0 Å². The van der Waals surface area contributed by atoms with Crippen LogP contribution in [0.15, 0.2) is 0 Å². The van der Waals surface area contributed by atoms with Crippen molar-refractivity contribution in [1.82, 2.24) is 5.06 Å². The van der Waals surface area contributed by atoms with Crippen molar-refractivity contribution in [3.8, 4) is 0 Å². The number of hydrogen-bond donors (Lipinski definition) is 1. The molecule has 1 rings (SSSR count). The molecule has 1 fully saturated rings. The molecule has 14 heavy (non-hydrogen) atoms. The van der Waals surface area contributed by atoms with E-state index in [9.17, 15) is 10.0 Å². The van der Waals surface area contributed by atoms with Crippen molar-refractivity contribution in [3.05, 3.63) is 0 Å². The first-order chi connectivity index (χ1) is 6.17. The lowest BCUT2D eigenvalue weighted by Gasteiger charge is -2.50. The van der Waals surface area contributed by atoms with Crippen molar-refractivity contribution in [1.29, 1.82) is 0 Å². The fourth-order valence-electron chi connectivity index (χ4n) is 2.43. The zero-order valence-electron chi connectivity index (χ0n) is 9.17. The van der Waals surface area contributed by atoms with E-state index in [0.29, 0.717) is 12.8 Å². The molecule has 1 saturated heterocycles. The molecule has 0 aromatic carbocycles. The van der Waals surface area contributed by atoms with E-state index in [1.165, 1.54) is 5.06 Å². The fourth-order valence-corrected chi connectivity index (χ4v) is 2.59. The van der Waals surface area contributed by atoms with Gasteiger partial charge in [0, 0.05) is 17.0 Å². The summed E-state index contributed by atoms with van der Waals surface area (Å²) in [5, 5.41) is 11.0. The van der Waals surface area contributed by atoms with Crippen molar-refractivity contribution >= 4 is 16.8 Å². The van der Waals surface area contributed by atoms with Gasteiger partial charge in [-0.2, -0.15) is 5.06 Å². The van der Waals surface area contributed by atoms with Gasteiger partial charge in [-0.05, 0) is 52.1 Å². The smallest absolute Gasteiger partial charge is 0.224 e. The van der Waals surface area contributed by atoms with Gasteiger partial charge in [-0.25, -0.2) is 0 Å². The Morgan fingerprint density at radius 2 is 1.64 bits per heavy atom. The minimum atomic E-state index is -0.392. The summed E-state index contributed by atoms with van der Waals surface area (Å²) in [5.74, 6) is -0.148. The summed E-state index contributed by atoms with van der Waals surface area (Å²) in [6, 6.07) is 0. The molecule has 0 radical (unpaired) electrons. The summed E-state index contributed by atoms with van der Waals surface area (Å²) in [6.45, 7) is 7.67. The highest BCUT2D eigenvalue weighted by Crippen LogP contribution is 2.40. The van der Waals surface area contributed by atoms with Crippen molar-refractivity contribution in [3.63, 3.8) is 0 Å². The minimum absolute atomic E-state index is 0.148. The number of carbonyl (C=O) groups excluding carboxylic acids is 1. The van der Waals surface area contributed by atoms with Crippen LogP contribution >= 0.6 is 11.6 Å². The molecule has 0 bridgehead atoms. The van der Waals surface area contributed by atoms with Gasteiger partial charge >= 0.3 is 0 Å². The Morgan fingerprint density at radius 3 is 1.93 bits per heavy atom. The van der Waals surface area contributed by atoms with Crippen LogP contribution in [0.5, 0.6) is 0 Å². The Kier molecular flexibility index (Phi) is 2.96. The summed E-state index contributed by atoms with van der Waals surface area (Å²) in [6.07, 6.45) is 1.21. The fraction of sp³-hybridized carbons (Fsp3) is 0.900. The van der Waals surface area contributed by atoms with Gasteiger partial charge in [0.15, 0.2) is 0 Å². The Hall–Kier alpha value is -0.120. The lowest BCUT2D eigenvalue weighted by molar-refractivity contribution is -0.248. The van der Waals surface area contributed by atoms with Gasteiger partial charge < -0.3 is 5.21 Å². The summed E-state index contributed by atoms with van der Waals surface area (Å²) in [7, 11) is 0. The second kappa shape index (κ2) is 3.47. The monoisotopic (exact) mass is 219 g/mol. The van der Waals surface area contributed by atoms with E-state index >= 15 is 0 Å². The van der Waals surface area contributed by atoms with Crippen LogP contribution in [0.3, 0.4) is 0 Å². The average Bonchev–Trinajstić information content (AvgIpc) is 1.98. The third-order valence-electron chi connectivity index (χ3n) is 2.96. The number of rotatable bonds is 1. The van der Waals surface area contributed by atoms with Crippen LogP contribution in [0.1, 0.15) is 40.5 Å². The summed E-state index contributed by atoms with van der Waals surface area (Å²) < 4.78 is 0. The quantitative estimate of drug-likeness (QED) is 0.689. The number of nitrogens with zero attached hydrogens (tertiary/aromatic N) is 1. The highest BCUT2D eigenvalue weighted by Gasteiger charge is 2.46. The molecular weight excluding hydrogens is 202 g/mol. The van der Waals surface area contributed by atoms with Gasteiger partial charge in [-0.3, -0.25) is 4.79 Å². The third kappa shape index (κ3) is 2.10. The third-order valence-corrected chi connectivity index (χ3v) is 3.27. The minimum Gasteiger partial charge on any atom is -0.313 e. The predicted octanol–water partition coefficient (Wildman–Crippen LogP) is 2.41. The van der Waals surface area contributed by atoms with Crippen LogP contribution in [0.2, 0.25) is 0 Å². The van der Waals surface area contributed by atoms with E-state index in [0.717, 1.165) is 0 Å². The van der Waals surface area contributed by atoms with Gasteiger partial charge in [0.2, 0.25) is 5.24 Å². The first-order valence-electron chi connectivity index (χ1n) is 4.85.